The van der Waals surface area contributed by atoms with E-state index < -0.39 is 0 Å². The molecule has 2 aromatic rings. The minimum atomic E-state index is 0.546. The quantitative estimate of drug-likeness (QED) is 0.813. The van der Waals surface area contributed by atoms with E-state index >= 15 is 0 Å². The van der Waals surface area contributed by atoms with Crippen LogP contribution in [0.4, 0.5) is 11.5 Å². The Morgan fingerprint density at radius 1 is 1.00 bits per heavy atom. The molecule has 0 aliphatic heterocycles. The van der Waals surface area contributed by atoms with Crippen LogP contribution in [-0.2, 0) is 12.8 Å². The van der Waals surface area contributed by atoms with Crippen LogP contribution in [0.1, 0.15) is 25.0 Å². The molecule has 0 saturated heterocycles. The topological polar surface area (TPSA) is 77.8 Å². The van der Waals surface area contributed by atoms with Crippen molar-refractivity contribution in [2.45, 2.75) is 26.7 Å². The average Bonchev–Trinajstić information content (AvgIpc) is 2.42. The van der Waals surface area contributed by atoms with Gasteiger partial charge in [-0.25, -0.2) is 9.97 Å². The highest BCUT2D eigenvalue weighted by molar-refractivity contribution is 5.47. The minimum Gasteiger partial charge on any atom is -0.399 e. The van der Waals surface area contributed by atoms with E-state index in [1.54, 1.807) is 6.20 Å². The molecule has 0 radical (unpaired) electrons. The highest BCUT2D eigenvalue weighted by Gasteiger charge is 2.02. The van der Waals surface area contributed by atoms with Gasteiger partial charge in [0, 0.05) is 17.4 Å². The Bertz CT molecular complexity index is 437. The number of aromatic nitrogens is 2. The Labute approximate surface area is 108 Å². The molecule has 0 aliphatic rings. The lowest BCUT2D eigenvalue weighted by molar-refractivity contribution is 0.940. The molecule has 0 fully saturated rings. The van der Waals surface area contributed by atoms with E-state index in [2.05, 4.69) is 9.97 Å². The van der Waals surface area contributed by atoms with Crippen LogP contribution >= 0.6 is 0 Å². The third-order valence-electron chi connectivity index (χ3n) is 2.54. The van der Waals surface area contributed by atoms with Gasteiger partial charge in [-0.1, -0.05) is 32.0 Å². The van der Waals surface area contributed by atoms with Crippen molar-refractivity contribution in [1.29, 1.82) is 0 Å². The van der Waals surface area contributed by atoms with Crippen LogP contribution in [-0.4, -0.2) is 9.97 Å². The predicted octanol–water partition coefficient (Wildman–Crippen LogP) is 2.45. The van der Waals surface area contributed by atoms with Crippen LogP contribution in [0.25, 0.3) is 0 Å². The molecule has 4 N–H and O–H groups in total. The first-order chi connectivity index (χ1) is 8.77. The van der Waals surface area contributed by atoms with Gasteiger partial charge in [-0.15, -0.1) is 0 Å². The van der Waals surface area contributed by atoms with Crippen LogP contribution in [0.5, 0.6) is 0 Å². The summed E-state index contributed by atoms with van der Waals surface area (Å²) in [6.45, 7) is 4.00. The number of hydrogen-bond donors (Lipinski definition) is 2. The zero-order valence-electron chi connectivity index (χ0n) is 10.9. The number of hydrogen-bond acceptors (Lipinski definition) is 4. The number of anilines is 2. The Balaban J connectivity index is 0.000000771. The summed E-state index contributed by atoms with van der Waals surface area (Å²) < 4.78 is 0. The van der Waals surface area contributed by atoms with Gasteiger partial charge in [0.25, 0.3) is 0 Å². The van der Waals surface area contributed by atoms with E-state index in [1.807, 2.05) is 38.1 Å². The largest absolute Gasteiger partial charge is 0.399 e. The van der Waals surface area contributed by atoms with Gasteiger partial charge < -0.3 is 11.5 Å². The van der Waals surface area contributed by atoms with Crippen LogP contribution in [0.2, 0.25) is 0 Å². The number of para-hydroxylation sites is 1. The molecule has 0 atom stereocenters. The molecule has 0 spiro atoms. The van der Waals surface area contributed by atoms with E-state index in [9.17, 15) is 0 Å². The van der Waals surface area contributed by atoms with Crippen molar-refractivity contribution in [2.75, 3.05) is 11.5 Å². The van der Waals surface area contributed by atoms with Gasteiger partial charge in [-0.3, -0.25) is 0 Å². The maximum atomic E-state index is 5.86. The third kappa shape index (κ3) is 3.73. The second-order valence-corrected chi connectivity index (χ2v) is 3.63. The smallest absolute Gasteiger partial charge is 0.129 e. The monoisotopic (exact) mass is 244 g/mol. The Hall–Kier alpha value is -2.10. The summed E-state index contributed by atoms with van der Waals surface area (Å²) in [7, 11) is 0. The number of rotatable bonds is 3. The predicted molar refractivity (Wildman–Crippen MR) is 76.1 cm³/mol. The maximum Gasteiger partial charge on any atom is 0.129 e. The van der Waals surface area contributed by atoms with E-state index in [0.717, 1.165) is 29.7 Å². The van der Waals surface area contributed by atoms with Gasteiger partial charge in [0.05, 0.1) is 0 Å². The SMILES string of the molecule is CC.Nc1ccccc1CCc1cncnc1N. The molecular weight excluding hydrogens is 224 g/mol. The van der Waals surface area contributed by atoms with Crippen molar-refractivity contribution >= 4 is 11.5 Å². The first kappa shape index (κ1) is 14.0. The Morgan fingerprint density at radius 3 is 2.33 bits per heavy atom. The lowest BCUT2D eigenvalue weighted by atomic mass is 10.0. The van der Waals surface area contributed by atoms with Gasteiger partial charge in [-0.2, -0.15) is 0 Å². The molecule has 1 aromatic carbocycles. The summed E-state index contributed by atoms with van der Waals surface area (Å²) in [5, 5.41) is 0. The van der Waals surface area contributed by atoms with Crippen LogP contribution in [0, 0.1) is 0 Å². The van der Waals surface area contributed by atoms with Crippen molar-refractivity contribution in [3.63, 3.8) is 0 Å². The molecule has 0 aliphatic carbocycles. The lowest BCUT2D eigenvalue weighted by Crippen LogP contribution is -2.02. The summed E-state index contributed by atoms with van der Waals surface area (Å²) in [6.07, 6.45) is 4.86. The zero-order valence-corrected chi connectivity index (χ0v) is 10.9. The molecule has 0 unspecified atom stereocenters. The van der Waals surface area contributed by atoms with Gasteiger partial charge in [0.15, 0.2) is 0 Å². The maximum absolute atomic E-state index is 5.86. The molecule has 1 heterocycles. The lowest BCUT2D eigenvalue weighted by Gasteiger charge is -2.06. The molecule has 0 amide bonds. The normalized spacial score (nSPS) is 9.44. The number of aryl methyl sites for hydroxylation is 2. The van der Waals surface area contributed by atoms with Crippen molar-refractivity contribution in [1.82, 2.24) is 9.97 Å². The van der Waals surface area contributed by atoms with Crippen LogP contribution in [0.3, 0.4) is 0 Å². The molecule has 96 valence electrons. The average molecular weight is 244 g/mol. The molecule has 1 aromatic heterocycles. The molecule has 4 heteroatoms. The minimum absolute atomic E-state index is 0.546. The van der Waals surface area contributed by atoms with Gasteiger partial charge >= 0.3 is 0 Å². The van der Waals surface area contributed by atoms with Crippen molar-refractivity contribution in [3.05, 3.63) is 47.9 Å². The summed E-state index contributed by atoms with van der Waals surface area (Å²) in [5.41, 5.74) is 14.5. The van der Waals surface area contributed by atoms with E-state index in [4.69, 9.17) is 11.5 Å². The summed E-state index contributed by atoms with van der Waals surface area (Å²) in [4.78, 5) is 7.91. The van der Waals surface area contributed by atoms with Gasteiger partial charge in [-0.05, 0) is 24.5 Å². The summed E-state index contributed by atoms with van der Waals surface area (Å²) in [5.74, 6) is 0.546. The number of nitrogen functional groups attached to an aromatic ring is 2. The van der Waals surface area contributed by atoms with Gasteiger partial charge in [0.1, 0.15) is 12.1 Å². The van der Waals surface area contributed by atoms with Crippen molar-refractivity contribution < 1.29 is 0 Å². The molecule has 2 rings (SSSR count). The van der Waals surface area contributed by atoms with Crippen molar-refractivity contribution in [3.8, 4) is 0 Å². The molecule has 18 heavy (non-hydrogen) atoms. The number of nitrogens with two attached hydrogens (primary N) is 2. The first-order valence-electron chi connectivity index (χ1n) is 6.15. The zero-order chi connectivity index (χ0) is 13.4. The van der Waals surface area contributed by atoms with E-state index in [1.165, 1.54) is 6.33 Å². The fourth-order valence-electron chi connectivity index (χ4n) is 1.59. The summed E-state index contributed by atoms with van der Waals surface area (Å²) >= 11 is 0. The molecular formula is C14H20N4. The van der Waals surface area contributed by atoms with E-state index in [0.29, 0.717) is 5.82 Å². The molecule has 4 nitrogen and oxygen atoms in total. The Morgan fingerprint density at radius 2 is 1.67 bits per heavy atom. The number of nitrogens with zero attached hydrogens (tertiary/aromatic N) is 2. The second kappa shape index (κ2) is 7.27. The van der Waals surface area contributed by atoms with Gasteiger partial charge in [0.2, 0.25) is 0 Å². The fraction of sp³-hybridized carbons (Fsp3) is 0.286. The highest BCUT2D eigenvalue weighted by atomic mass is 14.9. The van der Waals surface area contributed by atoms with Crippen molar-refractivity contribution in [2.24, 2.45) is 0 Å². The third-order valence-corrected chi connectivity index (χ3v) is 2.54. The molecule has 0 saturated carbocycles. The highest BCUT2D eigenvalue weighted by Crippen LogP contribution is 2.15. The first-order valence-corrected chi connectivity index (χ1v) is 6.15. The standard InChI is InChI=1S/C12H14N4.C2H6/c13-11-4-2-1-3-9(11)5-6-10-7-15-8-16-12(10)14;1-2/h1-4,7-8H,5-6,13H2,(H2,14,15,16);1-2H3. The van der Waals surface area contributed by atoms with E-state index in [-0.39, 0.29) is 0 Å². The second-order valence-electron chi connectivity index (χ2n) is 3.63. The summed E-state index contributed by atoms with van der Waals surface area (Å²) in [6, 6.07) is 7.84. The Kier molecular flexibility index (Phi) is 5.64. The molecule has 0 bridgehead atoms. The van der Waals surface area contributed by atoms with Crippen LogP contribution in [0.15, 0.2) is 36.8 Å². The fourth-order valence-corrected chi connectivity index (χ4v) is 1.59. The van der Waals surface area contributed by atoms with Crippen LogP contribution < -0.4 is 11.5 Å². The number of benzene rings is 1.